The maximum absolute atomic E-state index is 11.5. The third kappa shape index (κ3) is 1.98. The summed E-state index contributed by atoms with van der Waals surface area (Å²) in [5.74, 6) is 0.133. The number of phenolic OH excluding ortho intramolecular Hbond substituents is 1. The van der Waals surface area contributed by atoms with Gasteiger partial charge in [-0.2, -0.15) is 0 Å². The highest BCUT2D eigenvalue weighted by Crippen LogP contribution is 2.55. The number of hydrogen-bond donors (Lipinski definition) is 3. The molecule has 0 fully saturated rings. The zero-order valence-electron chi connectivity index (χ0n) is 13.8. The van der Waals surface area contributed by atoms with Crippen molar-refractivity contribution in [3.8, 4) is 5.75 Å². The number of H-pyrrole nitrogens is 1. The largest absolute Gasteiger partial charge is 0.506 e. The zero-order valence-corrected chi connectivity index (χ0v) is 13.8. The molecule has 3 N–H and O–H groups in total. The van der Waals surface area contributed by atoms with E-state index in [9.17, 15) is 15.2 Å². The van der Waals surface area contributed by atoms with Crippen molar-refractivity contribution < 1.29 is 10.0 Å². The number of hydrogen-bond acceptors (Lipinski definition) is 4. The third-order valence-electron chi connectivity index (χ3n) is 5.63. The van der Waals surface area contributed by atoms with E-state index in [1.807, 2.05) is 30.5 Å². The fraction of sp³-hybridized carbons (Fsp3) is 0.200. The molecular weight excluding hydrogens is 330 g/mol. The molecule has 0 bridgehead atoms. The molecule has 2 heterocycles. The van der Waals surface area contributed by atoms with Gasteiger partial charge in [0.15, 0.2) is 0 Å². The van der Waals surface area contributed by atoms with Crippen molar-refractivity contribution in [3.63, 3.8) is 0 Å². The van der Waals surface area contributed by atoms with Gasteiger partial charge in [0.25, 0.3) is 5.69 Å². The minimum atomic E-state index is -0.366. The monoisotopic (exact) mass is 347 g/mol. The summed E-state index contributed by atoms with van der Waals surface area (Å²) in [5.41, 5.74) is 3.30. The van der Waals surface area contributed by atoms with E-state index in [-0.39, 0.29) is 34.2 Å². The van der Waals surface area contributed by atoms with Gasteiger partial charge in [0.2, 0.25) is 0 Å². The highest BCUT2D eigenvalue weighted by molar-refractivity contribution is 5.85. The lowest BCUT2D eigenvalue weighted by Crippen LogP contribution is -2.29. The second-order valence-electron chi connectivity index (χ2n) is 6.91. The molecule has 0 saturated heterocycles. The Hall–Kier alpha value is -3.28. The van der Waals surface area contributed by atoms with Gasteiger partial charge < -0.3 is 15.4 Å². The Labute approximate surface area is 149 Å². The zero-order chi connectivity index (χ0) is 17.8. The number of phenols is 1. The summed E-state index contributed by atoms with van der Waals surface area (Å²) in [7, 11) is 0. The molecule has 1 aromatic heterocycles. The van der Waals surface area contributed by atoms with E-state index in [0.717, 1.165) is 22.9 Å². The molecule has 0 radical (unpaired) electrons. The number of nitro groups is 1. The maximum atomic E-state index is 11.5. The van der Waals surface area contributed by atoms with Gasteiger partial charge in [-0.1, -0.05) is 30.4 Å². The molecule has 3 atom stereocenters. The summed E-state index contributed by atoms with van der Waals surface area (Å²) in [5, 5.41) is 26.5. The Morgan fingerprint density at radius 1 is 1.19 bits per heavy atom. The van der Waals surface area contributed by atoms with Crippen molar-refractivity contribution in [2.45, 2.75) is 18.4 Å². The SMILES string of the molecule is O=[N+]([O-])c1ccc(O)c2c1C1C=CCC1C(c1c[nH]c3ccccc13)N2. The number of fused-ring (bicyclic) bond motifs is 4. The first kappa shape index (κ1) is 15.0. The van der Waals surface area contributed by atoms with Gasteiger partial charge in [-0.05, 0) is 30.0 Å². The molecule has 6 heteroatoms. The van der Waals surface area contributed by atoms with Crippen LogP contribution >= 0.6 is 0 Å². The molecule has 26 heavy (non-hydrogen) atoms. The van der Waals surface area contributed by atoms with Crippen molar-refractivity contribution in [1.29, 1.82) is 0 Å². The standard InChI is InChI=1S/C20H17N3O3/c24-17-9-8-16(23(25)26)18-12-5-3-6-13(12)19(22-20(17)18)14-10-21-15-7-2-1-4-11(14)15/h1-5,7-10,12-13,19,21-22,24H,6H2. The number of nitro benzene ring substituents is 1. The van der Waals surface area contributed by atoms with Crippen LogP contribution in [0.4, 0.5) is 11.4 Å². The molecule has 2 aromatic carbocycles. The molecule has 0 spiro atoms. The lowest BCUT2D eigenvalue weighted by molar-refractivity contribution is -0.385. The van der Waals surface area contributed by atoms with Gasteiger partial charge >= 0.3 is 0 Å². The highest BCUT2D eigenvalue weighted by atomic mass is 16.6. The molecule has 0 saturated carbocycles. The third-order valence-corrected chi connectivity index (χ3v) is 5.63. The summed E-state index contributed by atoms with van der Waals surface area (Å²) in [6, 6.07) is 10.8. The Morgan fingerprint density at radius 2 is 2.04 bits per heavy atom. The van der Waals surface area contributed by atoms with Crippen LogP contribution < -0.4 is 5.32 Å². The van der Waals surface area contributed by atoms with Crippen LogP contribution in [0.5, 0.6) is 5.75 Å². The van der Waals surface area contributed by atoms with Crippen LogP contribution in [-0.4, -0.2) is 15.0 Å². The lowest BCUT2D eigenvalue weighted by Gasteiger charge is -2.37. The topological polar surface area (TPSA) is 91.2 Å². The predicted octanol–water partition coefficient (Wildman–Crippen LogP) is 4.61. The molecule has 5 rings (SSSR count). The summed E-state index contributed by atoms with van der Waals surface area (Å²) in [6.45, 7) is 0. The number of aromatic hydroxyl groups is 1. The number of aromatic amines is 1. The van der Waals surface area contributed by atoms with Gasteiger partial charge in [-0.3, -0.25) is 10.1 Å². The van der Waals surface area contributed by atoms with Crippen molar-refractivity contribution >= 4 is 22.3 Å². The van der Waals surface area contributed by atoms with Crippen LogP contribution in [-0.2, 0) is 0 Å². The summed E-state index contributed by atoms with van der Waals surface area (Å²) in [6.07, 6.45) is 6.96. The Balaban J connectivity index is 1.71. The fourth-order valence-corrected chi connectivity index (χ4v) is 4.49. The molecule has 2 aliphatic rings. The molecule has 3 unspecified atom stereocenters. The van der Waals surface area contributed by atoms with Crippen molar-refractivity contribution in [1.82, 2.24) is 4.98 Å². The first-order chi connectivity index (χ1) is 12.6. The van der Waals surface area contributed by atoms with E-state index in [2.05, 4.69) is 22.4 Å². The summed E-state index contributed by atoms with van der Waals surface area (Å²) >= 11 is 0. The number of nitrogens with zero attached hydrogens (tertiary/aromatic N) is 1. The average molecular weight is 347 g/mol. The molecular formula is C20H17N3O3. The number of rotatable bonds is 2. The summed E-state index contributed by atoms with van der Waals surface area (Å²) in [4.78, 5) is 14.5. The molecule has 6 nitrogen and oxygen atoms in total. The van der Waals surface area contributed by atoms with Gasteiger partial charge in [0.05, 0.1) is 22.2 Å². The predicted molar refractivity (Wildman–Crippen MR) is 99.4 cm³/mol. The molecule has 3 aromatic rings. The highest BCUT2D eigenvalue weighted by Gasteiger charge is 2.43. The quantitative estimate of drug-likeness (QED) is 0.273. The van der Waals surface area contributed by atoms with Crippen LogP contribution in [0.2, 0.25) is 0 Å². The number of nitrogens with one attached hydrogen (secondary N) is 2. The fourth-order valence-electron chi connectivity index (χ4n) is 4.49. The number of benzene rings is 2. The van der Waals surface area contributed by atoms with Gasteiger partial charge in [0, 0.05) is 29.1 Å². The van der Waals surface area contributed by atoms with Crippen LogP contribution in [0, 0.1) is 16.0 Å². The number of aromatic nitrogens is 1. The van der Waals surface area contributed by atoms with Crippen LogP contribution in [0.25, 0.3) is 10.9 Å². The van der Waals surface area contributed by atoms with E-state index < -0.39 is 0 Å². The van der Waals surface area contributed by atoms with E-state index in [4.69, 9.17) is 0 Å². The summed E-state index contributed by atoms with van der Waals surface area (Å²) < 4.78 is 0. The molecule has 1 aliphatic heterocycles. The Bertz CT molecular complexity index is 1070. The van der Waals surface area contributed by atoms with Gasteiger partial charge in [-0.25, -0.2) is 0 Å². The molecule has 130 valence electrons. The first-order valence-electron chi connectivity index (χ1n) is 8.64. The van der Waals surface area contributed by atoms with Crippen LogP contribution in [0.15, 0.2) is 54.7 Å². The van der Waals surface area contributed by atoms with E-state index in [0.29, 0.717) is 11.3 Å². The van der Waals surface area contributed by atoms with Crippen molar-refractivity contribution in [2.75, 3.05) is 5.32 Å². The average Bonchev–Trinajstić information content (AvgIpc) is 3.28. The second kappa shape index (κ2) is 5.36. The minimum absolute atomic E-state index is 0.0356. The van der Waals surface area contributed by atoms with Crippen LogP contribution in [0.1, 0.15) is 29.5 Å². The number of anilines is 1. The Kier molecular flexibility index (Phi) is 3.09. The molecule has 0 amide bonds. The first-order valence-corrected chi connectivity index (χ1v) is 8.64. The normalized spacial score (nSPS) is 23.5. The number of para-hydroxylation sites is 1. The van der Waals surface area contributed by atoms with Crippen LogP contribution in [0.3, 0.4) is 0 Å². The van der Waals surface area contributed by atoms with E-state index in [1.54, 1.807) is 0 Å². The van der Waals surface area contributed by atoms with Crippen molar-refractivity contribution in [3.05, 3.63) is 76.0 Å². The minimum Gasteiger partial charge on any atom is -0.506 e. The smallest absolute Gasteiger partial charge is 0.275 e. The van der Waals surface area contributed by atoms with E-state index >= 15 is 0 Å². The van der Waals surface area contributed by atoms with Crippen molar-refractivity contribution in [2.24, 2.45) is 5.92 Å². The maximum Gasteiger partial charge on any atom is 0.275 e. The van der Waals surface area contributed by atoms with E-state index in [1.165, 1.54) is 12.1 Å². The van der Waals surface area contributed by atoms with Gasteiger partial charge in [0.1, 0.15) is 5.75 Å². The second-order valence-corrected chi connectivity index (χ2v) is 6.91. The van der Waals surface area contributed by atoms with Gasteiger partial charge in [-0.15, -0.1) is 0 Å². The molecule has 1 aliphatic carbocycles. The Morgan fingerprint density at radius 3 is 2.88 bits per heavy atom. The number of allylic oxidation sites excluding steroid dienone is 2. The lowest BCUT2D eigenvalue weighted by atomic mass is 9.76.